The maximum Gasteiger partial charge on any atom is 0.163 e. The third-order valence-corrected chi connectivity index (χ3v) is 3.99. The van der Waals surface area contributed by atoms with Crippen LogP contribution in [0.1, 0.15) is 34.3 Å². The molecule has 0 atom stereocenters. The standard InChI is InChI=1S/C18H19BrO2/c1-13-5-10-17(12-14(13)2)21-11-3-4-18(20)15-6-8-16(19)9-7-15/h5-10,12H,3-4,11H2,1-2H3. The summed E-state index contributed by atoms with van der Waals surface area (Å²) >= 11 is 3.36. The Labute approximate surface area is 134 Å². The monoisotopic (exact) mass is 346 g/mol. The van der Waals surface area contributed by atoms with E-state index < -0.39 is 0 Å². The van der Waals surface area contributed by atoms with Crippen LogP contribution in [0.5, 0.6) is 5.75 Å². The lowest BCUT2D eigenvalue weighted by Gasteiger charge is -2.08. The van der Waals surface area contributed by atoms with Gasteiger partial charge < -0.3 is 4.74 Å². The van der Waals surface area contributed by atoms with Crippen LogP contribution >= 0.6 is 15.9 Å². The minimum atomic E-state index is 0.159. The molecule has 2 aromatic rings. The van der Waals surface area contributed by atoms with Crippen molar-refractivity contribution in [3.05, 3.63) is 63.6 Å². The van der Waals surface area contributed by atoms with Gasteiger partial charge >= 0.3 is 0 Å². The maximum absolute atomic E-state index is 12.0. The number of carbonyl (C=O) groups is 1. The van der Waals surface area contributed by atoms with Crippen molar-refractivity contribution in [2.75, 3.05) is 6.61 Å². The summed E-state index contributed by atoms with van der Waals surface area (Å²) in [6.07, 6.45) is 1.23. The Morgan fingerprint density at radius 2 is 1.76 bits per heavy atom. The van der Waals surface area contributed by atoms with Crippen molar-refractivity contribution in [3.63, 3.8) is 0 Å². The molecule has 0 amide bonds. The zero-order valence-electron chi connectivity index (χ0n) is 12.4. The van der Waals surface area contributed by atoms with E-state index in [1.165, 1.54) is 11.1 Å². The van der Waals surface area contributed by atoms with E-state index in [4.69, 9.17) is 4.74 Å². The molecule has 0 aliphatic rings. The third-order valence-electron chi connectivity index (χ3n) is 3.46. The lowest BCUT2D eigenvalue weighted by Crippen LogP contribution is -2.04. The highest BCUT2D eigenvalue weighted by molar-refractivity contribution is 9.10. The highest BCUT2D eigenvalue weighted by Gasteiger charge is 2.05. The quantitative estimate of drug-likeness (QED) is 0.536. The molecule has 0 saturated carbocycles. The summed E-state index contributed by atoms with van der Waals surface area (Å²) in [5, 5.41) is 0. The van der Waals surface area contributed by atoms with Crippen LogP contribution < -0.4 is 4.74 Å². The largest absolute Gasteiger partial charge is 0.494 e. The summed E-state index contributed by atoms with van der Waals surface area (Å²) in [6.45, 7) is 4.71. The molecule has 0 aliphatic carbocycles. The molecule has 2 aromatic carbocycles. The molecule has 0 saturated heterocycles. The number of ether oxygens (including phenoxy) is 1. The average molecular weight is 347 g/mol. The second kappa shape index (κ2) is 7.41. The summed E-state index contributed by atoms with van der Waals surface area (Å²) < 4.78 is 6.67. The SMILES string of the molecule is Cc1ccc(OCCCC(=O)c2ccc(Br)cc2)cc1C. The molecule has 0 heterocycles. The predicted octanol–water partition coefficient (Wildman–Crippen LogP) is 5.11. The van der Waals surface area contributed by atoms with Crippen LogP contribution in [0.15, 0.2) is 46.9 Å². The molecule has 0 bridgehead atoms. The number of carbonyl (C=O) groups excluding carboxylic acids is 1. The fourth-order valence-electron chi connectivity index (χ4n) is 2.01. The summed E-state index contributed by atoms with van der Waals surface area (Å²) in [5.41, 5.74) is 3.23. The molecule has 2 nitrogen and oxygen atoms in total. The van der Waals surface area contributed by atoms with Gasteiger partial charge in [-0.15, -0.1) is 0 Å². The summed E-state index contributed by atoms with van der Waals surface area (Å²) in [6, 6.07) is 13.5. The number of halogens is 1. The zero-order valence-corrected chi connectivity index (χ0v) is 13.9. The minimum absolute atomic E-state index is 0.159. The van der Waals surface area contributed by atoms with Gasteiger partial charge in [0.1, 0.15) is 5.75 Å². The second-order valence-electron chi connectivity index (χ2n) is 5.13. The molecule has 0 fully saturated rings. The number of Topliss-reactive ketones (excluding diaryl/α,β-unsaturated/α-hetero) is 1. The summed E-state index contributed by atoms with van der Waals surface area (Å²) in [5.74, 6) is 1.03. The van der Waals surface area contributed by atoms with E-state index in [-0.39, 0.29) is 5.78 Å². The first-order valence-electron chi connectivity index (χ1n) is 7.05. The molecule has 21 heavy (non-hydrogen) atoms. The van der Waals surface area contributed by atoms with Crippen molar-refractivity contribution in [1.82, 2.24) is 0 Å². The Bertz CT molecular complexity index is 618. The van der Waals surface area contributed by atoms with Gasteiger partial charge in [-0.1, -0.05) is 34.1 Å². The molecule has 0 unspecified atom stereocenters. The fourth-order valence-corrected chi connectivity index (χ4v) is 2.27. The lowest BCUT2D eigenvalue weighted by atomic mass is 10.1. The van der Waals surface area contributed by atoms with Crippen LogP contribution in [0.25, 0.3) is 0 Å². The van der Waals surface area contributed by atoms with Gasteiger partial charge in [0.05, 0.1) is 6.61 Å². The van der Waals surface area contributed by atoms with Gasteiger partial charge in [-0.25, -0.2) is 0 Å². The molecule has 0 aliphatic heterocycles. The van der Waals surface area contributed by atoms with Crippen LogP contribution in [0.3, 0.4) is 0 Å². The van der Waals surface area contributed by atoms with Gasteiger partial charge in [-0.05, 0) is 55.7 Å². The van der Waals surface area contributed by atoms with Crippen LogP contribution in [0.4, 0.5) is 0 Å². The highest BCUT2D eigenvalue weighted by atomic mass is 79.9. The van der Waals surface area contributed by atoms with Crippen molar-refractivity contribution < 1.29 is 9.53 Å². The van der Waals surface area contributed by atoms with E-state index >= 15 is 0 Å². The Morgan fingerprint density at radius 3 is 2.43 bits per heavy atom. The minimum Gasteiger partial charge on any atom is -0.494 e. The van der Waals surface area contributed by atoms with Crippen molar-refractivity contribution in [2.45, 2.75) is 26.7 Å². The van der Waals surface area contributed by atoms with E-state index in [1.807, 2.05) is 36.4 Å². The van der Waals surface area contributed by atoms with E-state index in [0.29, 0.717) is 13.0 Å². The molecule has 2 rings (SSSR count). The van der Waals surface area contributed by atoms with Crippen molar-refractivity contribution in [2.24, 2.45) is 0 Å². The number of aryl methyl sites for hydroxylation is 2. The van der Waals surface area contributed by atoms with Crippen LogP contribution in [-0.4, -0.2) is 12.4 Å². The predicted molar refractivity (Wildman–Crippen MR) is 89.1 cm³/mol. The zero-order chi connectivity index (χ0) is 15.2. The van der Waals surface area contributed by atoms with Crippen molar-refractivity contribution >= 4 is 21.7 Å². The van der Waals surface area contributed by atoms with E-state index in [9.17, 15) is 4.79 Å². The first-order chi connectivity index (χ1) is 10.1. The molecular weight excluding hydrogens is 328 g/mol. The molecule has 110 valence electrons. The average Bonchev–Trinajstić information content (AvgIpc) is 2.47. The van der Waals surface area contributed by atoms with Gasteiger partial charge in [0.25, 0.3) is 0 Å². The Balaban J connectivity index is 1.77. The van der Waals surface area contributed by atoms with Crippen LogP contribution in [0.2, 0.25) is 0 Å². The van der Waals surface area contributed by atoms with Gasteiger partial charge in [-0.3, -0.25) is 4.79 Å². The Kier molecular flexibility index (Phi) is 5.57. The summed E-state index contributed by atoms with van der Waals surface area (Å²) in [7, 11) is 0. The van der Waals surface area contributed by atoms with Gasteiger partial charge in [0.2, 0.25) is 0 Å². The van der Waals surface area contributed by atoms with Crippen LogP contribution in [0, 0.1) is 13.8 Å². The highest BCUT2D eigenvalue weighted by Crippen LogP contribution is 2.17. The maximum atomic E-state index is 12.0. The first kappa shape index (κ1) is 15.8. The first-order valence-corrected chi connectivity index (χ1v) is 7.84. The van der Waals surface area contributed by atoms with Crippen LogP contribution in [-0.2, 0) is 0 Å². The molecular formula is C18H19BrO2. The van der Waals surface area contributed by atoms with Gasteiger partial charge in [0.15, 0.2) is 5.78 Å². The Hall–Kier alpha value is -1.61. The molecule has 0 N–H and O–H groups in total. The van der Waals surface area contributed by atoms with Gasteiger partial charge in [0, 0.05) is 16.5 Å². The smallest absolute Gasteiger partial charge is 0.163 e. The van der Waals surface area contributed by atoms with Gasteiger partial charge in [-0.2, -0.15) is 0 Å². The number of rotatable bonds is 6. The second-order valence-corrected chi connectivity index (χ2v) is 6.04. The molecule has 3 heteroatoms. The van der Waals surface area contributed by atoms with E-state index in [2.05, 4.69) is 35.8 Å². The number of ketones is 1. The van der Waals surface area contributed by atoms with E-state index in [1.54, 1.807) is 0 Å². The fraction of sp³-hybridized carbons (Fsp3) is 0.278. The molecule has 0 spiro atoms. The number of benzene rings is 2. The topological polar surface area (TPSA) is 26.3 Å². The van der Waals surface area contributed by atoms with Crippen molar-refractivity contribution in [1.29, 1.82) is 0 Å². The number of hydrogen-bond acceptors (Lipinski definition) is 2. The van der Waals surface area contributed by atoms with Crippen molar-refractivity contribution in [3.8, 4) is 5.75 Å². The van der Waals surface area contributed by atoms with E-state index in [0.717, 1.165) is 22.2 Å². The Morgan fingerprint density at radius 1 is 1.05 bits per heavy atom. The third kappa shape index (κ3) is 4.71. The molecule has 0 radical (unpaired) electrons. The summed E-state index contributed by atoms with van der Waals surface area (Å²) in [4.78, 5) is 12.0. The normalized spacial score (nSPS) is 10.4. The lowest BCUT2D eigenvalue weighted by molar-refractivity contribution is 0.0973. The number of hydrogen-bond donors (Lipinski definition) is 0. The molecule has 0 aromatic heterocycles.